The van der Waals surface area contributed by atoms with Gasteiger partial charge in [-0.15, -0.1) is 0 Å². The Morgan fingerprint density at radius 3 is 3.05 bits per heavy atom. The molecule has 1 saturated heterocycles. The monoisotopic (exact) mass is 296 g/mol. The molecule has 1 aromatic carbocycles. The maximum absolute atomic E-state index is 12.2. The van der Waals surface area contributed by atoms with Crippen LogP contribution >= 0.6 is 11.6 Å². The molecule has 110 valence electrons. The van der Waals surface area contributed by atoms with Crippen LogP contribution in [0.5, 0.6) is 0 Å². The van der Waals surface area contributed by atoms with Crippen LogP contribution < -0.4 is 16.6 Å². The summed E-state index contributed by atoms with van der Waals surface area (Å²) >= 11 is 5.93. The van der Waals surface area contributed by atoms with E-state index in [1.807, 2.05) is 0 Å². The maximum Gasteiger partial charge on any atom is 0.253 e. The SMILES string of the molecule is CN1CCCC(CNC(=O)c2cc(Cl)ccc2NN)C1. The molecule has 0 aromatic heterocycles. The van der Waals surface area contributed by atoms with Crippen molar-refractivity contribution in [2.75, 3.05) is 32.1 Å². The average molecular weight is 297 g/mol. The molecule has 1 unspecified atom stereocenters. The minimum absolute atomic E-state index is 0.145. The van der Waals surface area contributed by atoms with Crippen molar-refractivity contribution in [2.45, 2.75) is 12.8 Å². The normalized spacial score (nSPS) is 19.6. The number of hydrogen-bond acceptors (Lipinski definition) is 4. The van der Waals surface area contributed by atoms with Crippen molar-refractivity contribution in [1.29, 1.82) is 0 Å². The van der Waals surface area contributed by atoms with Gasteiger partial charge in [0, 0.05) is 18.1 Å². The first kappa shape index (κ1) is 15.1. The zero-order valence-corrected chi connectivity index (χ0v) is 12.4. The number of carbonyl (C=O) groups excluding carboxylic acids is 1. The van der Waals surface area contributed by atoms with Crippen molar-refractivity contribution < 1.29 is 4.79 Å². The molecule has 0 aliphatic carbocycles. The fraction of sp³-hybridized carbons (Fsp3) is 0.500. The summed E-state index contributed by atoms with van der Waals surface area (Å²) in [6, 6.07) is 5.02. The van der Waals surface area contributed by atoms with Crippen molar-refractivity contribution in [1.82, 2.24) is 10.2 Å². The predicted octanol–water partition coefficient (Wildman–Crippen LogP) is 1.70. The summed E-state index contributed by atoms with van der Waals surface area (Å²) in [4.78, 5) is 14.5. The summed E-state index contributed by atoms with van der Waals surface area (Å²) < 4.78 is 0. The zero-order chi connectivity index (χ0) is 14.5. The number of nitrogens with two attached hydrogens (primary N) is 1. The largest absolute Gasteiger partial charge is 0.352 e. The van der Waals surface area contributed by atoms with Crippen molar-refractivity contribution in [3.8, 4) is 0 Å². The second kappa shape index (κ2) is 6.92. The molecule has 4 N–H and O–H groups in total. The van der Waals surface area contributed by atoms with Crippen LogP contribution in [0.4, 0.5) is 5.69 Å². The second-order valence-corrected chi connectivity index (χ2v) is 5.75. The van der Waals surface area contributed by atoms with Crippen LogP contribution in [0, 0.1) is 5.92 Å². The van der Waals surface area contributed by atoms with Gasteiger partial charge in [-0.05, 0) is 50.6 Å². The molecule has 0 saturated carbocycles. The fourth-order valence-corrected chi connectivity index (χ4v) is 2.77. The lowest BCUT2D eigenvalue weighted by molar-refractivity contribution is 0.0937. The molecule has 1 aromatic rings. The number of likely N-dealkylation sites (tertiary alicyclic amines) is 1. The minimum atomic E-state index is -0.145. The van der Waals surface area contributed by atoms with E-state index in [1.54, 1.807) is 18.2 Å². The highest BCUT2D eigenvalue weighted by Gasteiger charge is 2.19. The van der Waals surface area contributed by atoms with Crippen LogP contribution in [0.1, 0.15) is 23.2 Å². The number of nitrogen functional groups attached to an aromatic ring is 1. The molecule has 1 heterocycles. The first-order valence-electron chi connectivity index (χ1n) is 6.83. The summed E-state index contributed by atoms with van der Waals surface area (Å²) in [7, 11) is 2.11. The highest BCUT2D eigenvalue weighted by atomic mass is 35.5. The van der Waals surface area contributed by atoms with Crippen molar-refractivity contribution in [3.63, 3.8) is 0 Å². The number of halogens is 1. The standard InChI is InChI=1S/C14H21ClN4O/c1-19-6-2-3-10(9-19)8-17-14(20)12-7-11(15)4-5-13(12)18-16/h4-5,7,10,18H,2-3,6,8-9,16H2,1H3,(H,17,20). The molecule has 1 aliphatic heterocycles. The van der Waals surface area contributed by atoms with Crippen molar-refractivity contribution in [2.24, 2.45) is 11.8 Å². The number of hydrogen-bond donors (Lipinski definition) is 3. The summed E-state index contributed by atoms with van der Waals surface area (Å²) in [6.45, 7) is 2.84. The minimum Gasteiger partial charge on any atom is -0.352 e. The first-order chi connectivity index (χ1) is 9.60. The quantitative estimate of drug-likeness (QED) is 0.584. The molecule has 0 bridgehead atoms. The van der Waals surface area contributed by atoms with Crippen molar-refractivity contribution >= 4 is 23.2 Å². The third kappa shape index (κ3) is 3.85. The molecule has 0 radical (unpaired) electrons. The Labute approximate surface area is 124 Å². The Kier molecular flexibility index (Phi) is 5.23. The number of amides is 1. The van der Waals surface area contributed by atoms with Gasteiger partial charge in [0.15, 0.2) is 0 Å². The Morgan fingerprint density at radius 1 is 1.55 bits per heavy atom. The van der Waals surface area contributed by atoms with Crippen LogP contribution in [0.15, 0.2) is 18.2 Å². The summed E-state index contributed by atoms with van der Waals surface area (Å²) in [5, 5.41) is 3.49. The van der Waals surface area contributed by atoms with Crippen LogP contribution in [-0.4, -0.2) is 37.5 Å². The van der Waals surface area contributed by atoms with Crippen LogP contribution in [0.2, 0.25) is 5.02 Å². The lowest BCUT2D eigenvalue weighted by atomic mass is 9.98. The molecule has 2 rings (SSSR count). The number of hydrazine groups is 1. The Hall–Kier alpha value is -1.30. The molecule has 6 heteroatoms. The Balaban J connectivity index is 1.96. The highest BCUT2D eigenvalue weighted by molar-refractivity contribution is 6.31. The topological polar surface area (TPSA) is 70.4 Å². The highest BCUT2D eigenvalue weighted by Crippen LogP contribution is 2.20. The number of nitrogens with one attached hydrogen (secondary N) is 2. The van der Waals surface area contributed by atoms with E-state index < -0.39 is 0 Å². The van der Waals surface area contributed by atoms with E-state index in [0.29, 0.717) is 28.7 Å². The first-order valence-corrected chi connectivity index (χ1v) is 7.21. The summed E-state index contributed by atoms with van der Waals surface area (Å²) in [5.41, 5.74) is 3.57. The zero-order valence-electron chi connectivity index (χ0n) is 11.7. The molecule has 5 nitrogen and oxygen atoms in total. The van der Waals surface area contributed by atoms with Crippen molar-refractivity contribution in [3.05, 3.63) is 28.8 Å². The van der Waals surface area contributed by atoms with E-state index in [4.69, 9.17) is 17.4 Å². The molecular weight excluding hydrogens is 276 g/mol. The third-order valence-corrected chi connectivity index (χ3v) is 3.89. The molecule has 1 amide bonds. The van der Waals surface area contributed by atoms with Gasteiger partial charge in [0.1, 0.15) is 0 Å². The fourth-order valence-electron chi connectivity index (χ4n) is 2.60. The number of rotatable bonds is 4. The van der Waals surface area contributed by atoms with E-state index in [-0.39, 0.29) is 5.91 Å². The predicted molar refractivity (Wildman–Crippen MR) is 81.8 cm³/mol. The van der Waals surface area contributed by atoms with Crippen LogP contribution in [-0.2, 0) is 0 Å². The van der Waals surface area contributed by atoms with E-state index in [1.165, 1.54) is 6.42 Å². The molecule has 1 aliphatic rings. The Morgan fingerprint density at radius 2 is 2.35 bits per heavy atom. The molecule has 1 fully saturated rings. The third-order valence-electron chi connectivity index (χ3n) is 3.66. The Bertz CT molecular complexity index is 480. The smallest absolute Gasteiger partial charge is 0.253 e. The molecule has 0 spiro atoms. The lowest BCUT2D eigenvalue weighted by Crippen LogP contribution is -2.39. The molecule has 1 atom stereocenters. The number of benzene rings is 1. The van der Waals surface area contributed by atoms with E-state index >= 15 is 0 Å². The lowest BCUT2D eigenvalue weighted by Gasteiger charge is -2.29. The van der Waals surface area contributed by atoms with Gasteiger partial charge in [0.05, 0.1) is 11.3 Å². The summed E-state index contributed by atoms with van der Waals surface area (Å²) in [5.74, 6) is 5.78. The molecular formula is C14H21ClN4O. The average Bonchev–Trinajstić information content (AvgIpc) is 2.45. The van der Waals surface area contributed by atoms with Gasteiger partial charge < -0.3 is 15.6 Å². The van der Waals surface area contributed by atoms with Gasteiger partial charge in [-0.3, -0.25) is 10.6 Å². The number of nitrogens with zero attached hydrogens (tertiary/aromatic N) is 1. The van der Waals surface area contributed by atoms with Crippen LogP contribution in [0.3, 0.4) is 0 Å². The van der Waals surface area contributed by atoms with Gasteiger partial charge in [-0.2, -0.15) is 0 Å². The van der Waals surface area contributed by atoms with Gasteiger partial charge >= 0.3 is 0 Å². The molecule has 20 heavy (non-hydrogen) atoms. The second-order valence-electron chi connectivity index (χ2n) is 5.31. The van der Waals surface area contributed by atoms with Gasteiger partial charge in [0.25, 0.3) is 5.91 Å². The van der Waals surface area contributed by atoms with Gasteiger partial charge in [-0.1, -0.05) is 11.6 Å². The number of carbonyl (C=O) groups is 1. The number of piperidine rings is 1. The summed E-state index contributed by atoms with van der Waals surface area (Å²) in [6.07, 6.45) is 2.34. The van der Waals surface area contributed by atoms with E-state index in [2.05, 4.69) is 22.7 Å². The number of anilines is 1. The van der Waals surface area contributed by atoms with E-state index in [9.17, 15) is 4.79 Å². The van der Waals surface area contributed by atoms with Gasteiger partial charge in [-0.25, -0.2) is 0 Å². The van der Waals surface area contributed by atoms with E-state index in [0.717, 1.165) is 19.5 Å². The maximum atomic E-state index is 12.2. The van der Waals surface area contributed by atoms with Gasteiger partial charge in [0.2, 0.25) is 0 Å². The van der Waals surface area contributed by atoms with Crippen LogP contribution in [0.25, 0.3) is 0 Å².